The molecule has 0 spiro atoms. The number of nitrogens with zero attached hydrogens (tertiary/aromatic N) is 1. The van der Waals surface area contributed by atoms with E-state index in [2.05, 4.69) is 4.98 Å². The first-order valence-electron chi connectivity index (χ1n) is 2.83. The summed E-state index contributed by atoms with van der Waals surface area (Å²) in [5.41, 5.74) is 1.74. The molecule has 1 aromatic heterocycles. The van der Waals surface area contributed by atoms with Gasteiger partial charge in [0.05, 0.1) is 0 Å². The Bertz CT molecular complexity index is 200. The van der Waals surface area contributed by atoms with Gasteiger partial charge in [0.2, 0.25) is 0 Å². The fourth-order valence-electron chi connectivity index (χ4n) is 0.627. The fraction of sp³-hybridized carbons (Fsp3) is 0.286. The van der Waals surface area contributed by atoms with Crippen LogP contribution in [-0.4, -0.2) is 10.1 Å². The molecule has 0 unspecified atom stereocenters. The van der Waals surface area contributed by atoms with E-state index in [9.17, 15) is 0 Å². The highest BCUT2D eigenvalue weighted by Gasteiger charge is 1.96. The summed E-state index contributed by atoms with van der Waals surface area (Å²) in [7, 11) is 0. The molecular weight excluding hydrogens is 114 g/mol. The van der Waals surface area contributed by atoms with Crippen molar-refractivity contribution in [2.75, 3.05) is 0 Å². The molecule has 48 valence electrons. The second-order valence-corrected chi connectivity index (χ2v) is 2.04. The van der Waals surface area contributed by atoms with Crippen LogP contribution in [0.15, 0.2) is 12.3 Å². The second-order valence-electron chi connectivity index (χ2n) is 2.04. The summed E-state index contributed by atoms with van der Waals surface area (Å²) in [6, 6.07) is 1.59. The molecule has 0 amide bonds. The van der Waals surface area contributed by atoms with E-state index in [1.54, 1.807) is 12.3 Å². The van der Waals surface area contributed by atoms with E-state index in [4.69, 9.17) is 5.11 Å². The minimum Gasteiger partial charge on any atom is -0.508 e. The van der Waals surface area contributed by atoms with E-state index in [0.29, 0.717) is 5.75 Å². The van der Waals surface area contributed by atoms with Gasteiger partial charge < -0.3 is 5.11 Å². The van der Waals surface area contributed by atoms with Gasteiger partial charge in [0.15, 0.2) is 0 Å². The van der Waals surface area contributed by atoms with Gasteiger partial charge in [-0.2, -0.15) is 0 Å². The molecular formula is C7H9NO. The number of aromatic nitrogens is 1. The smallest absolute Gasteiger partial charge is 0.121 e. The summed E-state index contributed by atoms with van der Waals surface area (Å²) >= 11 is 0. The summed E-state index contributed by atoms with van der Waals surface area (Å²) in [6.07, 6.45) is 1.59. The lowest BCUT2D eigenvalue weighted by Gasteiger charge is -1.98. The summed E-state index contributed by atoms with van der Waals surface area (Å²) in [6.45, 7) is 3.72. The molecule has 0 atom stereocenters. The van der Waals surface area contributed by atoms with Crippen LogP contribution in [0.2, 0.25) is 0 Å². The predicted molar refractivity (Wildman–Crippen MR) is 35.4 cm³/mol. The van der Waals surface area contributed by atoms with Crippen LogP contribution in [0.5, 0.6) is 5.75 Å². The van der Waals surface area contributed by atoms with Gasteiger partial charge in [-0.25, -0.2) is 0 Å². The van der Waals surface area contributed by atoms with E-state index in [1.165, 1.54) is 0 Å². The van der Waals surface area contributed by atoms with Crippen LogP contribution in [0, 0.1) is 13.8 Å². The van der Waals surface area contributed by atoms with Crippen molar-refractivity contribution < 1.29 is 5.11 Å². The molecule has 0 fully saturated rings. The maximum absolute atomic E-state index is 9.06. The van der Waals surface area contributed by atoms with Crippen LogP contribution in [0.3, 0.4) is 0 Å². The fourth-order valence-corrected chi connectivity index (χ4v) is 0.627. The quantitative estimate of drug-likeness (QED) is 0.565. The van der Waals surface area contributed by atoms with Crippen molar-refractivity contribution in [3.8, 4) is 5.75 Å². The molecule has 1 rings (SSSR count). The highest BCUT2D eigenvalue weighted by atomic mass is 16.3. The van der Waals surface area contributed by atoms with Crippen LogP contribution in [0.4, 0.5) is 0 Å². The maximum Gasteiger partial charge on any atom is 0.121 e. The minimum absolute atomic E-state index is 0.322. The molecule has 0 radical (unpaired) electrons. The molecule has 1 aromatic rings. The van der Waals surface area contributed by atoms with Crippen LogP contribution in [-0.2, 0) is 0 Å². The largest absolute Gasteiger partial charge is 0.508 e. The molecule has 0 aromatic carbocycles. The number of aromatic hydroxyl groups is 1. The summed E-state index contributed by atoms with van der Waals surface area (Å²) in [5, 5.41) is 9.06. The Balaban J connectivity index is 3.25. The number of hydrogen-bond donors (Lipinski definition) is 1. The average Bonchev–Trinajstić information content (AvgIpc) is 1.83. The third-order valence-corrected chi connectivity index (χ3v) is 1.43. The van der Waals surface area contributed by atoms with Crippen molar-refractivity contribution in [1.29, 1.82) is 0 Å². The normalized spacial score (nSPS) is 9.56. The van der Waals surface area contributed by atoms with Crippen LogP contribution in [0.25, 0.3) is 0 Å². The molecule has 0 saturated heterocycles. The van der Waals surface area contributed by atoms with Gasteiger partial charge >= 0.3 is 0 Å². The Kier molecular flexibility index (Phi) is 1.39. The van der Waals surface area contributed by atoms with Gasteiger partial charge in [-0.05, 0) is 19.9 Å². The minimum atomic E-state index is 0.322. The average molecular weight is 123 g/mol. The predicted octanol–water partition coefficient (Wildman–Crippen LogP) is 1.40. The Morgan fingerprint density at radius 1 is 1.44 bits per heavy atom. The van der Waals surface area contributed by atoms with Crippen molar-refractivity contribution >= 4 is 0 Å². The zero-order chi connectivity index (χ0) is 6.85. The van der Waals surface area contributed by atoms with Gasteiger partial charge in [0.25, 0.3) is 0 Å². The van der Waals surface area contributed by atoms with Crippen LogP contribution in [0.1, 0.15) is 11.3 Å². The molecule has 1 N–H and O–H groups in total. The second kappa shape index (κ2) is 2.05. The lowest BCUT2D eigenvalue weighted by molar-refractivity contribution is 0.469. The summed E-state index contributed by atoms with van der Waals surface area (Å²) in [5.74, 6) is 0.322. The number of pyridine rings is 1. The van der Waals surface area contributed by atoms with E-state index in [-0.39, 0.29) is 0 Å². The Morgan fingerprint density at radius 3 is 2.56 bits per heavy atom. The SMILES string of the molecule is Cc1nccc(O)c1C. The van der Waals surface area contributed by atoms with Crippen molar-refractivity contribution in [3.63, 3.8) is 0 Å². The van der Waals surface area contributed by atoms with Gasteiger partial charge in [0.1, 0.15) is 5.75 Å². The Morgan fingerprint density at radius 2 is 2.11 bits per heavy atom. The highest BCUT2D eigenvalue weighted by Crippen LogP contribution is 2.15. The lowest BCUT2D eigenvalue weighted by Crippen LogP contribution is -1.84. The first-order chi connectivity index (χ1) is 4.22. The summed E-state index contributed by atoms with van der Waals surface area (Å²) < 4.78 is 0. The first-order valence-corrected chi connectivity index (χ1v) is 2.83. The van der Waals surface area contributed by atoms with E-state index in [0.717, 1.165) is 11.3 Å². The van der Waals surface area contributed by atoms with E-state index >= 15 is 0 Å². The molecule has 0 bridgehead atoms. The van der Waals surface area contributed by atoms with Crippen molar-refractivity contribution in [3.05, 3.63) is 23.5 Å². The lowest BCUT2D eigenvalue weighted by atomic mass is 10.2. The number of aryl methyl sites for hydroxylation is 1. The van der Waals surface area contributed by atoms with Crippen LogP contribution >= 0.6 is 0 Å². The first kappa shape index (κ1) is 6.08. The maximum atomic E-state index is 9.06. The topological polar surface area (TPSA) is 33.1 Å². The third-order valence-electron chi connectivity index (χ3n) is 1.43. The Labute approximate surface area is 54.2 Å². The van der Waals surface area contributed by atoms with Gasteiger partial charge in [-0.15, -0.1) is 0 Å². The number of hydrogen-bond acceptors (Lipinski definition) is 2. The van der Waals surface area contributed by atoms with Crippen molar-refractivity contribution in [2.24, 2.45) is 0 Å². The monoisotopic (exact) mass is 123 g/mol. The van der Waals surface area contributed by atoms with Gasteiger partial charge in [0, 0.05) is 17.5 Å². The highest BCUT2D eigenvalue weighted by molar-refractivity contribution is 5.31. The molecule has 9 heavy (non-hydrogen) atoms. The molecule has 0 aliphatic rings. The molecule has 1 heterocycles. The molecule has 2 nitrogen and oxygen atoms in total. The Hall–Kier alpha value is -1.05. The van der Waals surface area contributed by atoms with Crippen molar-refractivity contribution in [2.45, 2.75) is 13.8 Å². The van der Waals surface area contributed by atoms with E-state index < -0.39 is 0 Å². The van der Waals surface area contributed by atoms with Crippen LogP contribution < -0.4 is 0 Å². The molecule has 0 aliphatic heterocycles. The zero-order valence-electron chi connectivity index (χ0n) is 5.55. The third kappa shape index (κ3) is 1.02. The molecule has 0 aliphatic carbocycles. The van der Waals surface area contributed by atoms with Gasteiger partial charge in [-0.3, -0.25) is 4.98 Å². The standard InChI is InChI=1S/C7H9NO/c1-5-6(2)8-4-3-7(5)9/h3-4H,1-2H3,(H,8,9). The number of rotatable bonds is 0. The van der Waals surface area contributed by atoms with E-state index in [1.807, 2.05) is 13.8 Å². The van der Waals surface area contributed by atoms with Gasteiger partial charge in [-0.1, -0.05) is 0 Å². The van der Waals surface area contributed by atoms with Crippen molar-refractivity contribution in [1.82, 2.24) is 4.98 Å². The molecule has 0 saturated carbocycles. The summed E-state index contributed by atoms with van der Waals surface area (Å²) in [4.78, 5) is 3.98. The zero-order valence-corrected chi connectivity index (χ0v) is 5.55. The molecule has 2 heteroatoms.